The van der Waals surface area contributed by atoms with Crippen LogP contribution in [-0.4, -0.2) is 59.6 Å². The molecule has 0 aliphatic carbocycles. The third-order valence-corrected chi connectivity index (χ3v) is 8.37. The van der Waals surface area contributed by atoms with Crippen LogP contribution in [0, 0.1) is 12.3 Å². The molecule has 1 aromatic heterocycles. The van der Waals surface area contributed by atoms with Crippen molar-refractivity contribution in [3.63, 3.8) is 0 Å². The molecular weight excluding hydrogens is 508 g/mol. The first kappa shape index (κ1) is 25.5. The van der Waals surface area contributed by atoms with E-state index in [-0.39, 0.29) is 10.3 Å². The van der Waals surface area contributed by atoms with Gasteiger partial charge in [0, 0.05) is 48.7 Å². The van der Waals surface area contributed by atoms with Gasteiger partial charge in [-0.15, -0.1) is 0 Å². The number of nitrogens with one attached hydrogen (secondary N) is 1. The molecule has 1 fully saturated rings. The first-order chi connectivity index (χ1) is 15.2. The van der Waals surface area contributed by atoms with Gasteiger partial charge in [0.2, 0.25) is 0 Å². The number of nitrogens with zero attached hydrogens (tertiary/aromatic N) is 3. The lowest BCUT2D eigenvalue weighted by Gasteiger charge is -2.54. The maximum Gasteiger partial charge on any atom is 0.407 e. The SMILES string of the molecule is Cc1cc(NS(=O)(=O)c2cncc(Br)c2)ccc1CN1CCN(C(=O)O)[C@@](C)(C(C)(C)C)C1. The van der Waals surface area contributed by atoms with Crippen LogP contribution >= 0.6 is 15.9 Å². The Kier molecular flexibility index (Phi) is 7.12. The van der Waals surface area contributed by atoms with Crippen molar-refractivity contribution in [2.45, 2.75) is 51.6 Å². The predicted molar refractivity (Wildman–Crippen MR) is 132 cm³/mol. The minimum atomic E-state index is -3.75. The summed E-state index contributed by atoms with van der Waals surface area (Å²) < 4.78 is 28.6. The van der Waals surface area contributed by atoms with Gasteiger partial charge in [-0.2, -0.15) is 0 Å². The number of hydrogen-bond donors (Lipinski definition) is 2. The molecule has 3 rings (SSSR count). The van der Waals surface area contributed by atoms with Crippen molar-refractivity contribution in [1.29, 1.82) is 0 Å². The van der Waals surface area contributed by atoms with Gasteiger partial charge in [0.25, 0.3) is 10.0 Å². The standard InChI is InChI=1S/C23H31BrN4O4S/c1-16-10-19(26-33(31,32)20-11-18(24)12-25-13-20)7-6-17(16)14-27-8-9-28(21(29)30)23(5,15-27)22(2,3)4/h6-7,10-13,26H,8-9,14-15H2,1-5H3,(H,29,30)/t23-/m1/s1. The second kappa shape index (κ2) is 9.23. The molecule has 0 spiro atoms. The zero-order valence-electron chi connectivity index (χ0n) is 19.6. The number of aryl methyl sites for hydroxylation is 1. The van der Waals surface area contributed by atoms with Gasteiger partial charge in [-0.25, -0.2) is 13.2 Å². The summed E-state index contributed by atoms with van der Waals surface area (Å²) in [5.41, 5.74) is 1.75. The average molecular weight is 539 g/mol. The summed E-state index contributed by atoms with van der Waals surface area (Å²) in [7, 11) is -3.75. The van der Waals surface area contributed by atoms with E-state index in [2.05, 4.69) is 51.3 Å². The Bertz CT molecular complexity index is 1150. The summed E-state index contributed by atoms with van der Waals surface area (Å²) in [6, 6.07) is 6.99. The molecule has 180 valence electrons. The maximum atomic E-state index is 12.7. The minimum Gasteiger partial charge on any atom is -0.465 e. The molecule has 0 bridgehead atoms. The van der Waals surface area contributed by atoms with Gasteiger partial charge in [-0.1, -0.05) is 26.8 Å². The fourth-order valence-corrected chi connectivity index (χ4v) is 5.66. The Labute approximate surface area is 204 Å². The van der Waals surface area contributed by atoms with Gasteiger partial charge < -0.3 is 5.11 Å². The Morgan fingerprint density at radius 1 is 1.24 bits per heavy atom. The quantitative estimate of drug-likeness (QED) is 0.578. The molecule has 1 saturated heterocycles. The highest BCUT2D eigenvalue weighted by atomic mass is 79.9. The smallest absolute Gasteiger partial charge is 0.407 e. The molecule has 1 atom stereocenters. The molecular formula is C23H31BrN4O4S. The second-order valence-electron chi connectivity index (χ2n) is 9.75. The van der Waals surface area contributed by atoms with Gasteiger partial charge in [0.05, 0.1) is 5.54 Å². The van der Waals surface area contributed by atoms with Crippen LogP contribution in [0.3, 0.4) is 0 Å². The lowest BCUT2D eigenvalue weighted by atomic mass is 9.72. The van der Waals surface area contributed by atoms with Gasteiger partial charge in [-0.3, -0.25) is 19.5 Å². The lowest BCUT2D eigenvalue weighted by molar-refractivity contribution is -0.0462. The third-order valence-electron chi connectivity index (χ3n) is 6.59. The normalized spacial score (nSPS) is 20.0. The molecule has 0 saturated carbocycles. The van der Waals surface area contributed by atoms with Crippen LogP contribution in [0.4, 0.5) is 10.5 Å². The topological polar surface area (TPSA) is 103 Å². The van der Waals surface area contributed by atoms with Crippen molar-refractivity contribution in [1.82, 2.24) is 14.8 Å². The van der Waals surface area contributed by atoms with Gasteiger partial charge in [0.15, 0.2) is 0 Å². The Hall–Kier alpha value is -2.17. The summed E-state index contributed by atoms with van der Waals surface area (Å²) in [4.78, 5) is 19.7. The second-order valence-corrected chi connectivity index (χ2v) is 12.4. The first-order valence-corrected chi connectivity index (χ1v) is 13.0. The van der Waals surface area contributed by atoms with Crippen molar-refractivity contribution < 1.29 is 18.3 Å². The number of carbonyl (C=O) groups is 1. The Morgan fingerprint density at radius 2 is 1.94 bits per heavy atom. The summed E-state index contributed by atoms with van der Waals surface area (Å²) >= 11 is 3.25. The molecule has 8 nitrogen and oxygen atoms in total. The monoisotopic (exact) mass is 538 g/mol. The maximum absolute atomic E-state index is 12.7. The summed E-state index contributed by atoms with van der Waals surface area (Å²) in [6.07, 6.45) is 1.94. The van der Waals surface area contributed by atoms with E-state index in [1.165, 1.54) is 18.5 Å². The van der Waals surface area contributed by atoms with E-state index in [1.54, 1.807) is 11.0 Å². The minimum absolute atomic E-state index is 0.0800. The molecule has 1 aliphatic heterocycles. The number of piperazine rings is 1. The average Bonchev–Trinajstić information content (AvgIpc) is 2.69. The van der Waals surface area contributed by atoms with Crippen molar-refractivity contribution in [3.05, 3.63) is 52.3 Å². The molecule has 0 radical (unpaired) electrons. The van der Waals surface area contributed by atoms with Crippen LogP contribution in [0.25, 0.3) is 0 Å². The highest BCUT2D eigenvalue weighted by Crippen LogP contribution is 2.39. The number of benzene rings is 1. The van der Waals surface area contributed by atoms with E-state index in [0.717, 1.165) is 11.1 Å². The van der Waals surface area contributed by atoms with Crippen LogP contribution in [0.5, 0.6) is 0 Å². The fraction of sp³-hybridized carbons (Fsp3) is 0.478. The lowest BCUT2D eigenvalue weighted by Crippen LogP contribution is -2.67. The van der Waals surface area contributed by atoms with Crippen LogP contribution in [0.15, 0.2) is 46.0 Å². The summed E-state index contributed by atoms with van der Waals surface area (Å²) in [5.74, 6) is 0. The number of aromatic nitrogens is 1. The molecule has 2 N–H and O–H groups in total. The van der Waals surface area contributed by atoms with Crippen molar-refractivity contribution in [2.75, 3.05) is 24.4 Å². The Morgan fingerprint density at radius 3 is 2.52 bits per heavy atom. The van der Waals surface area contributed by atoms with Gasteiger partial charge in [0.1, 0.15) is 4.90 Å². The highest BCUT2D eigenvalue weighted by molar-refractivity contribution is 9.10. The number of pyridine rings is 1. The number of carboxylic acid groups (broad SMARTS) is 1. The van der Waals surface area contributed by atoms with Crippen molar-refractivity contribution in [2.24, 2.45) is 5.41 Å². The number of halogens is 1. The largest absolute Gasteiger partial charge is 0.465 e. The zero-order valence-corrected chi connectivity index (χ0v) is 22.0. The van der Waals surface area contributed by atoms with E-state index >= 15 is 0 Å². The van der Waals surface area contributed by atoms with Crippen LogP contribution in [0.1, 0.15) is 38.8 Å². The van der Waals surface area contributed by atoms with E-state index < -0.39 is 21.7 Å². The van der Waals surface area contributed by atoms with E-state index in [9.17, 15) is 18.3 Å². The van der Waals surface area contributed by atoms with Gasteiger partial charge in [-0.05, 0) is 64.5 Å². The van der Waals surface area contributed by atoms with Crippen molar-refractivity contribution >= 4 is 37.7 Å². The van der Waals surface area contributed by atoms with Crippen LogP contribution in [0.2, 0.25) is 0 Å². The number of sulfonamides is 1. The highest BCUT2D eigenvalue weighted by Gasteiger charge is 2.48. The number of hydrogen-bond acceptors (Lipinski definition) is 5. The molecule has 1 amide bonds. The van der Waals surface area contributed by atoms with E-state index in [1.807, 2.05) is 26.0 Å². The number of amides is 1. The molecule has 33 heavy (non-hydrogen) atoms. The van der Waals surface area contributed by atoms with Crippen LogP contribution < -0.4 is 4.72 Å². The van der Waals surface area contributed by atoms with E-state index in [4.69, 9.17) is 0 Å². The van der Waals surface area contributed by atoms with Crippen molar-refractivity contribution in [3.8, 4) is 0 Å². The third kappa shape index (κ3) is 5.50. The van der Waals surface area contributed by atoms with Crippen LogP contribution in [-0.2, 0) is 16.6 Å². The predicted octanol–water partition coefficient (Wildman–Crippen LogP) is 4.55. The molecule has 0 unspecified atom stereocenters. The molecule has 2 heterocycles. The molecule has 1 aromatic carbocycles. The summed E-state index contributed by atoms with van der Waals surface area (Å²) in [5, 5.41) is 9.72. The first-order valence-electron chi connectivity index (χ1n) is 10.7. The van der Waals surface area contributed by atoms with E-state index in [0.29, 0.717) is 36.3 Å². The number of anilines is 1. The molecule has 2 aromatic rings. The summed E-state index contributed by atoms with van der Waals surface area (Å²) in [6.45, 7) is 12.5. The zero-order chi connectivity index (χ0) is 24.6. The molecule has 10 heteroatoms. The fourth-order valence-electron chi connectivity index (χ4n) is 4.10. The number of rotatable bonds is 5. The van der Waals surface area contributed by atoms with Gasteiger partial charge >= 0.3 is 6.09 Å². The Balaban J connectivity index is 1.76. The molecule has 1 aliphatic rings.